The second-order valence-electron chi connectivity index (χ2n) is 10.9. The van der Waals surface area contributed by atoms with Crippen molar-refractivity contribution < 1.29 is 0 Å². The molecule has 4 heteroatoms. The second kappa shape index (κ2) is 10.6. The van der Waals surface area contributed by atoms with Crippen molar-refractivity contribution in [2.24, 2.45) is 0 Å². The van der Waals surface area contributed by atoms with Crippen LogP contribution in [0.4, 0.5) is 0 Å². The Morgan fingerprint density at radius 2 is 0.977 bits per heavy atom. The SMILES string of the molecule is N#Cc1cccc(-c2nc3ccccc3nc2-c2cc(-c3ccc4ccccc4c3)cc(-c3ccc4ccccc4c3)n2)c1. The minimum absolute atomic E-state index is 0.568. The first kappa shape index (κ1) is 25.5. The molecule has 2 heterocycles. The van der Waals surface area contributed by atoms with Crippen LogP contribution >= 0.6 is 0 Å². The molecule has 0 aliphatic carbocycles. The summed E-state index contributed by atoms with van der Waals surface area (Å²) >= 11 is 0. The number of hydrogen-bond acceptors (Lipinski definition) is 4. The Balaban J connectivity index is 1.41. The number of nitrogens with zero attached hydrogens (tertiary/aromatic N) is 4. The Kier molecular flexibility index (Phi) is 6.14. The van der Waals surface area contributed by atoms with Crippen molar-refractivity contribution in [1.82, 2.24) is 15.0 Å². The molecule has 0 atom stereocenters. The number of rotatable bonds is 4. The van der Waals surface area contributed by atoms with Gasteiger partial charge in [0.2, 0.25) is 0 Å². The maximum atomic E-state index is 9.64. The van der Waals surface area contributed by atoms with Gasteiger partial charge in [0.15, 0.2) is 0 Å². The Bertz CT molecular complexity index is 2320. The fourth-order valence-electron chi connectivity index (χ4n) is 5.80. The summed E-state index contributed by atoms with van der Waals surface area (Å²) in [5.41, 5.74) is 9.04. The molecule has 0 bridgehead atoms. The van der Waals surface area contributed by atoms with Crippen LogP contribution in [0, 0.1) is 11.3 Å². The monoisotopic (exact) mass is 560 g/mol. The van der Waals surface area contributed by atoms with Gasteiger partial charge in [0.05, 0.1) is 39.7 Å². The van der Waals surface area contributed by atoms with E-state index in [1.807, 2.05) is 42.5 Å². The van der Waals surface area contributed by atoms with Gasteiger partial charge >= 0.3 is 0 Å². The molecule has 0 saturated carbocycles. The fourth-order valence-corrected chi connectivity index (χ4v) is 5.80. The lowest BCUT2D eigenvalue weighted by Gasteiger charge is -2.14. The van der Waals surface area contributed by atoms with Gasteiger partial charge in [0, 0.05) is 11.1 Å². The third-order valence-corrected chi connectivity index (χ3v) is 8.03. The lowest BCUT2D eigenvalue weighted by atomic mass is 9.97. The Labute approximate surface area is 254 Å². The predicted octanol–water partition coefficient (Wildman–Crippen LogP) is 9.87. The number of aromatic nitrogens is 3. The summed E-state index contributed by atoms with van der Waals surface area (Å²) in [6.07, 6.45) is 0. The number of hydrogen-bond donors (Lipinski definition) is 0. The number of para-hydroxylation sites is 2. The average molecular weight is 561 g/mol. The summed E-state index contributed by atoms with van der Waals surface area (Å²) in [7, 11) is 0. The van der Waals surface area contributed by atoms with Crippen molar-refractivity contribution >= 4 is 32.6 Å². The highest BCUT2D eigenvalue weighted by molar-refractivity contribution is 5.92. The Morgan fingerprint density at radius 1 is 0.386 bits per heavy atom. The highest BCUT2D eigenvalue weighted by atomic mass is 14.9. The zero-order chi connectivity index (χ0) is 29.5. The highest BCUT2D eigenvalue weighted by Gasteiger charge is 2.18. The minimum atomic E-state index is 0.568. The fraction of sp³-hybridized carbons (Fsp3) is 0. The summed E-state index contributed by atoms with van der Waals surface area (Å²) in [5, 5.41) is 14.4. The van der Waals surface area contributed by atoms with Crippen LogP contribution in [0.5, 0.6) is 0 Å². The van der Waals surface area contributed by atoms with E-state index < -0.39 is 0 Å². The summed E-state index contributed by atoms with van der Waals surface area (Å²) in [5.74, 6) is 0. The van der Waals surface area contributed by atoms with Gasteiger partial charge in [-0.2, -0.15) is 5.26 Å². The summed E-state index contributed by atoms with van der Waals surface area (Å²) in [6.45, 7) is 0. The molecule has 0 spiro atoms. The molecule has 0 N–H and O–H groups in total. The van der Waals surface area contributed by atoms with E-state index in [-0.39, 0.29) is 0 Å². The number of pyridine rings is 1. The Hall–Kier alpha value is -6.18. The van der Waals surface area contributed by atoms with Gasteiger partial charge in [0.1, 0.15) is 5.69 Å². The van der Waals surface area contributed by atoms with Crippen molar-refractivity contribution in [3.05, 3.63) is 151 Å². The van der Waals surface area contributed by atoms with Gasteiger partial charge < -0.3 is 0 Å². The smallest absolute Gasteiger partial charge is 0.116 e. The molecule has 0 saturated heterocycles. The number of nitriles is 1. The molecule has 4 nitrogen and oxygen atoms in total. The molecular weight excluding hydrogens is 536 g/mol. The highest BCUT2D eigenvalue weighted by Crippen LogP contribution is 2.36. The maximum absolute atomic E-state index is 9.64. The van der Waals surface area contributed by atoms with E-state index in [1.165, 1.54) is 16.2 Å². The van der Waals surface area contributed by atoms with Gasteiger partial charge in [-0.25, -0.2) is 15.0 Å². The molecule has 0 radical (unpaired) electrons. The quantitative estimate of drug-likeness (QED) is 0.215. The molecule has 0 amide bonds. The molecule has 2 aromatic heterocycles. The average Bonchev–Trinajstić information content (AvgIpc) is 3.10. The zero-order valence-electron chi connectivity index (χ0n) is 23.6. The lowest BCUT2D eigenvalue weighted by molar-refractivity contribution is 1.24. The summed E-state index contributed by atoms with van der Waals surface area (Å²) < 4.78 is 0. The third kappa shape index (κ3) is 4.63. The molecule has 6 aromatic carbocycles. The van der Waals surface area contributed by atoms with Crippen molar-refractivity contribution in [1.29, 1.82) is 5.26 Å². The van der Waals surface area contributed by atoms with Crippen LogP contribution in [0.3, 0.4) is 0 Å². The van der Waals surface area contributed by atoms with Crippen LogP contribution in [0.2, 0.25) is 0 Å². The van der Waals surface area contributed by atoms with Crippen molar-refractivity contribution in [3.8, 4) is 51.1 Å². The minimum Gasteiger partial charge on any atom is -0.246 e. The van der Waals surface area contributed by atoms with Crippen LogP contribution in [-0.4, -0.2) is 15.0 Å². The van der Waals surface area contributed by atoms with E-state index >= 15 is 0 Å². The summed E-state index contributed by atoms with van der Waals surface area (Å²) in [4.78, 5) is 15.4. The topological polar surface area (TPSA) is 62.5 Å². The molecule has 44 heavy (non-hydrogen) atoms. The molecule has 8 aromatic rings. The van der Waals surface area contributed by atoms with E-state index in [0.29, 0.717) is 17.0 Å². The van der Waals surface area contributed by atoms with Crippen LogP contribution in [0.1, 0.15) is 5.56 Å². The lowest BCUT2D eigenvalue weighted by Crippen LogP contribution is -1.99. The zero-order valence-corrected chi connectivity index (χ0v) is 23.6. The molecule has 204 valence electrons. The first-order valence-corrected chi connectivity index (χ1v) is 14.5. The predicted molar refractivity (Wildman–Crippen MR) is 179 cm³/mol. The van der Waals surface area contributed by atoms with E-state index in [9.17, 15) is 5.26 Å². The van der Waals surface area contributed by atoms with E-state index in [2.05, 4.69) is 103 Å². The van der Waals surface area contributed by atoms with Gasteiger partial charge in [-0.15, -0.1) is 0 Å². The van der Waals surface area contributed by atoms with Crippen LogP contribution in [-0.2, 0) is 0 Å². The second-order valence-corrected chi connectivity index (χ2v) is 10.9. The molecule has 0 fully saturated rings. The van der Waals surface area contributed by atoms with Gasteiger partial charge in [-0.1, -0.05) is 97.1 Å². The van der Waals surface area contributed by atoms with Crippen LogP contribution in [0.25, 0.3) is 77.6 Å². The number of fused-ring (bicyclic) bond motifs is 3. The number of benzene rings is 6. The van der Waals surface area contributed by atoms with E-state index in [1.54, 1.807) is 6.07 Å². The molecule has 0 aliphatic rings. The molecular formula is C40H24N4. The molecule has 0 aliphatic heterocycles. The standard InChI is InChI=1S/C40H24N4/c41-25-26-8-7-13-33(20-26)39-40(44-36-15-6-5-14-35(36)43-39)38-24-34(31-18-16-27-9-1-3-11-29(27)21-31)23-37(42-38)32-19-17-28-10-2-4-12-30(28)22-32/h1-24H. The van der Waals surface area contributed by atoms with Crippen LogP contribution in [0.15, 0.2) is 146 Å². The van der Waals surface area contributed by atoms with Gasteiger partial charge in [-0.3, -0.25) is 0 Å². The van der Waals surface area contributed by atoms with Gasteiger partial charge in [-0.05, 0) is 81.2 Å². The third-order valence-electron chi connectivity index (χ3n) is 8.03. The van der Waals surface area contributed by atoms with E-state index in [4.69, 9.17) is 15.0 Å². The largest absolute Gasteiger partial charge is 0.246 e. The van der Waals surface area contributed by atoms with E-state index in [0.717, 1.165) is 50.1 Å². The van der Waals surface area contributed by atoms with Crippen LogP contribution < -0.4 is 0 Å². The molecule has 8 rings (SSSR count). The van der Waals surface area contributed by atoms with Crippen molar-refractivity contribution in [3.63, 3.8) is 0 Å². The first-order valence-electron chi connectivity index (χ1n) is 14.5. The first-order chi connectivity index (χ1) is 21.7. The van der Waals surface area contributed by atoms with Gasteiger partial charge in [0.25, 0.3) is 0 Å². The normalized spacial score (nSPS) is 11.2. The van der Waals surface area contributed by atoms with Crippen molar-refractivity contribution in [2.45, 2.75) is 0 Å². The Morgan fingerprint density at radius 3 is 1.68 bits per heavy atom. The molecule has 0 unspecified atom stereocenters. The maximum Gasteiger partial charge on any atom is 0.116 e. The van der Waals surface area contributed by atoms with Crippen molar-refractivity contribution in [2.75, 3.05) is 0 Å². The summed E-state index contributed by atoms with van der Waals surface area (Å²) in [6, 6.07) is 51.7.